The maximum absolute atomic E-state index is 6.12. The maximum atomic E-state index is 6.12. The molecule has 0 amide bonds. The van der Waals surface area contributed by atoms with Gasteiger partial charge in [-0.1, -0.05) is 0 Å². The first-order valence-corrected chi connectivity index (χ1v) is 8.20. The van der Waals surface area contributed by atoms with Gasteiger partial charge in [0.2, 0.25) is 0 Å². The summed E-state index contributed by atoms with van der Waals surface area (Å²) in [5.41, 5.74) is 0. The topological polar surface area (TPSA) is 83.1 Å². The number of hydrogen-bond acceptors (Lipinski definition) is 9. The summed E-state index contributed by atoms with van der Waals surface area (Å²) < 4.78 is 50.4. The second-order valence-corrected chi connectivity index (χ2v) is 5.89. The van der Waals surface area contributed by atoms with Crippen LogP contribution in [-0.4, -0.2) is 105 Å². The lowest BCUT2D eigenvalue weighted by molar-refractivity contribution is -0.335. The first kappa shape index (κ1) is 20.9. The van der Waals surface area contributed by atoms with Gasteiger partial charge in [-0.3, -0.25) is 0 Å². The Hall–Kier alpha value is -0.360. The molecule has 148 valence electrons. The van der Waals surface area contributed by atoms with Crippen LogP contribution in [0, 0.1) is 0 Å². The van der Waals surface area contributed by atoms with Crippen LogP contribution in [0.1, 0.15) is 0 Å². The average molecular weight is 366 g/mol. The maximum Gasteiger partial charge on any atom is 0.187 e. The summed E-state index contributed by atoms with van der Waals surface area (Å²) in [5, 5.41) is 0. The van der Waals surface area contributed by atoms with Crippen molar-refractivity contribution in [2.24, 2.45) is 0 Å². The van der Waals surface area contributed by atoms with Crippen LogP contribution in [0.2, 0.25) is 0 Å². The zero-order chi connectivity index (χ0) is 18.4. The Morgan fingerprint density at radius 2 is 1.00 bits per heavy atom. The molecule has 25 heavy (non-hydrogen) atoms. The van der Waals surface area contributed by atoms with E-state index in [1.54, 1.807) is 42.7 Å². The predicted octanol–water partition coefficient (Wildman–Crippen LogP) is -0.194. The fourth-order valence-electron chi connectivity index (χ4n) is 3.36. The minimum absolute atomic E-state index is 0.236. The molecule has 0 aromatic heterocycles. The van der Waals surface area contributed by atoms with E-state index in [9.17, 15) is 0 Å². The van der Waals surface area contributed by atoms with Crippen LogP contribution in [0.25, 0.3) is 0 Å². The molecule has 0 saturated carbocycles. The molecule has 2 aliphatic rings. The Morgan fingerprint density at radius 1 is 0.520 bits per heavy atom. The van der Waals surface area contributed by atoms with Crippen LogP contribution in [0.5, 0.6) is 0 Å². The van der Waals surface area contributed by atoms with Crippen LogP contribution < -0.4 is 0 Å². The Kier molecular flexibility index (Phi) is 8.46. The minimum atomic E-state index is -0.649. The van der Waals surface area contributed by atoms with Gasteiger partial charge >= 0.3 is 0 Å². The summed E-state index contributed by atoms with van der Waals surface area (Å²) in [6, 6.07) is 0. The molecule has 0 radical (unpaired) electrons. The summed E-state index contributed by atoms with van der Waals surface area (Å²) in [6.07, 6.45) is -3.41. The van der Waals surface area contributed by atoms with E-state index in [1.807, 2.05) is 0 Å². The third-order valence-corrected chi connectivity index (χ3v) is 4.70. The zero-order valence-corrected chi connectivity index (χ0v) is 15.7. The van der Waals surface area contributed by atoms with Gasteiger partial charge in [0.25, 0.3) is 0 Å². The lowest BCUT2D eigenvalue weighted by atomic mass is 10.0. The molecule has 2 rings (SSSR count). The minimum Gasteiger partial charge on any atom is -0.376 e. The van der Waals surface area contributed by atoms with Crippen molar-refractivity contribution in [2.45, 2.75) is 49.2 Å². The molecular formula is C16H30O9. The summed E-state index contributed by atoms with van der Waals surface area (Å²) in [5.74, 6) is 0. The zero-order valence-electron chi connectivity index (χ0n) is 15.7. The number of methoxy groups -OCH3 is 6. The fourth-order valence-corrected chi connectivity index (χ4v) is 3.36. The second-order valence-electron chi connectivity index (χ2n) is 5.89. The molecular weight excluding hydrogens is 336 g/mol. The van der Waals surface area contributed by atoms with E-state index >= 15 is 0 Å². The highest BCUT2D eigenvalue weighted by atomic mass is 16.7. The van der Waals surface area contributed by atoms with Gasteiger partial charge in [-0.25, -0.2) is 0 Å². The smallest absolute Gasteiger partial charge is 0.187 e. The largest absolute Gasteiger partial charge is 0.376 e. The van der Waals surface area contributed by atoms with E-state index in [1.165, 1.54) is 0 Å². The van der Waals surface area contributed by atoms with Crippen LogP contribution in [0.3, 0.4) is 0 Å². The molecule has 2 aliphatic heterocycles. The molecule has 0 bridgehead atoms. The van der Waals surface area contributed by atoms with Crippen molar-refractivity contribution in [3.8, 4) is 0 Å². The van der Waals surface area contributed by atoms with Crippen molar-refractivity contribution in [1.29, 1.82) is 0 Å². The standard InChI is InChI=1S/C16H30O9/c1-17-9-7-24-16(14(21-5)11(9)18-2)25-10-8-23-15(22-6)13(20-4)12(10)19-3/h9-16H,7-8H2,1-6H3/t9-,10-,11+,12+,13-,14-,15-,16+/m1/s1. The summed E-state index contributed by atoms with van der Waals surface area (Å²) in [6.45, 7) is 0.609. The van der Waals surface area contributed by atoms with Crippen molar-refractivity contribution in [3.63, 3.8) is 0 Å². The lowest BCUT2D eigenvalue weighted by Gasteiger charge is -2.45. The third kappa shape index (κ3) is 4.49. The van der Waals surface area contributed by atoms with E-state index in [2.05, 4.69) is 0 Å². The average Bonchev–Trinajstić information content (AvgIpc) is 2.66. The lowest BCUT2D eigenvalue weighted by Crippen LogP contribution is -2.61. The van der Waals surface area contributed by atoms with Gasteiger partial charge in [0, 0.05) is 42.7 Å². The van der Waals surface area contributed by atoms with E-state index in [0.29, 0.717) is 6.61 Å². The third-order valence-electron chi connectivity index (χ3n) is 4.70. The molecule has 8 atom stereocenters. The highest BCUT2D eigenvalue weighted by molar-refractivity contribution is 4.90. The molecule has 0 aromatic rings. The molecule has 0 unspecified atom stereocenters. The Bertz CT molecular complexity index is 349. The molecule has 0 aromatic carbocycles. The number of hydrogen-bond donors (Lipinski definition) is 0. The van der Waals surface area contributed by atoms with Crippen LogP contribution in [-0.2, 0) is 42.6 Å². The molecule has 2 fully saturated rings. The van der Waals surface area contributed by atoms with Gasteiger partial charge in [-0.05, 0) is 0 Å². The highest BCUT2D eigenvalue weighted by Gasteiger charge is 2.47. The molecule has 9 heteroatoms. The van der Waals surface area contributed by atoms with E-state index < -0.39 is 30.9 Å². The van der Waals surface area contributed by atoms with Crippen LogP contribution in [0.4, 0.5) is 0 Å². The molecule has 0 N–H and O–H groups in total. The van der Waals surface area contributed by atoms with Crippen molar-refractivity contribution >= 4 is 0 Å². The van der Waals surface area contributed by atoms with Gasteiger partial charge in [-0.2, -0.15) is 0 Å². The van der Waals surface area contributed by atoms with Crippen molar-refractivity contribution in [2.75, 3.05) is 55.9 Å². The summed E-state index contributed by atoms with van der Waals surface area (Å²) in [7, 11) is 9.53. The summed E-state index contributed by atoms with van der Waals surface area (Å²) in [4.78, 5) is 0. The quantitative estimate of drug-likeness (QED) is 0.580. The fraction of sp³-hybridized carbons (Fsp3) is 1.00. The highest BCUT2D eigenvalue weighted by Crippen LogP contribution is 2.28. The molecule has 2 saturated heterocycles. The number of rotatable bonds is 8. The van der Waals surface area contributed by atoms with Gasteiger partial charge in [0.1, 0.15) is 36.6 Å². The van der Waals surface area contributed by atoms with Gasteiger partial charge in [0.15, 0.2) is 12.6 Å². The molecule has 9 nitrogen and oxygen atoms in total. The van der Waals surface area contributed by atoms with E-state index in [4.69, 9.17) is 42.6 Å². The van der Waals surface area contributed by atoms with Crippen molar-refractivity contribution in [3.05, 3.63) is 0 Å². The van der Waals surface area contributed by atoms with Crippen molar-refractivity contribution < 1.29 is 42.6 Å². The van der Waals surface area contributed by atoms with Crippen LogP contribution in [0.15, 0.2) is 0 Å². The number of ether oxygens (including phenoxy) is 9. The predicted molar refractivity (Wildman–Crippen MR) is 85.3 cm³/mol. The summed E-state index contributed by atoms with van der Waals surface area (Å²) >= 11 is 0. The SMILES string of the molecule is CO[C@@H]1OC[C@@H](O[C@@H]2OC[C@@H](OC)[C@H](OC)[C@H]2OC)[C@H](OC)[C@H]1OC. The van der Waals surface area contributed by atoms with Gasteiger partial charge in [0.05, 0.1) is 13.2 Å². The molecule has 0 aliphatic carbocycles. The Balaban J connectivity index is 2.08. The first-order valence-electron chi connectivity index (χ1n) is 8.20. The van der Waals surface area contributed by atoms with E-state index in [0.717, 1.165) is 0 Å². The molecule has 0 spiro atoms. The van der Waals surface area contributed by atoms with Gasteiger partial charge in [-0.15, -0.1) is 0 Å². The second kappa shape index (κ2) is 10.1. The Labute approximate surface area is 148 Å². The first-order chi connectivity index (χ1) is 12.1. The van der Waals surface area contributed by atoms with Gasteiger partial charge < -0.3 is 42.6 Å². The van der Waals surface area contributed by atoms with Crippen LogP contribution >= 0.6 is 0 Å². The Morgan fingerprint density at radius 3 is 1.52 bits per heavy atom. The van der Waals surface area contributed by atoms with Crippen molar-refractivity contribution in [1.82, 2.24) is 0 Å². The molecule has 2 heterocycles. The van der Waals surface area contributed by atoms with E-state index in [-0.39, 0.29) is 24.9 Å². The monoisotopic (exact) mass is 366 g/mol. The normalized spacial score (nSPS) is 42.5.